The predicted molar refractivity (Wildman–Crippen MR) is 79.1 cm³/mol. The van der Waals surface area contributed by atoms with Gasteiger partial charge in [0.15, 0.2) is 0 Å². The van der Waals surface area contributed by atoms with Gasteiger partial charge in [0.05, 0.1) is 5.54 Å². The van der Waals surface area contributed by atoms with Crippen molar-refractivity contribution in [1.29, 1.82) is 0 Å². The summed E-state index contributed by atoms with van der Waals surface area (Å²) >= 11 is 0. The Morgan fingerprint density at radius 3 is 2.65 bits per heavy atom. The highest BCUT2D eigenvalue weighted by molar-refractivity contribution is 5.84. The number of hydrogen-bond donors (Lipinski definition) is 2. The van der Waals surface area contributed by atoms with Crippen molar-refractivity contribution in [2.24, 2.45) is 11.5 Å². The van der Waals surface area contributed by atoms with Gasteiger partial charge in [-0.05, 0) is 43.7 Å². The highest BCUT2D eigenvalue weighted by Gasteiger charge is 2.43. The highest BCUT2D eigenvalue weighted by atomic mass is 16.1. The monoisotopic (exact) mass is 273 g/mol. The average Bonchev–Trinajstić information content (AvgIpc) is 3.07. The third-order valence-corrected chi connectivity index (χ3v) is 5.02. The lowest BCUT2D eigenvalue weighted by Crippen LogP contribution is -2.51. The lowest BCUT2D eigenvalue weighted by Gasteiger charge is -2.26. The molecular weight excluding hydrogens is 250 g/mol. The summed E-state index contributed by atoms with van der Waals surface area (Å²) in [7, 11) is 0. The molecule has 1 aliphatic carbocycles. The minimum absolute atomic E-state index is 0.348. The van der Waals surface area contributed by atoms with E-state index in [0.29, 0.717) is 18.4 Å². The van der Waals surface area contributed by atoms with Crippen molar-refractivity contribution < 1.29 is 4.79 Å². The molecule has 1 aliphatic heterocycles. The zero-order chi connectivity index (χ0) is 14.2. The van der Waals surface area contributed by atoms with Crippen LogP contribution in [0.5, 0.6) is 0 Å². The molecule has 3 rings (SSSR count). The largest absolute Gasteiger partial charge is 0.368 e. The van der Waals surface area contributed by atoms with Crippen LogP contribution >= 0.6 is 0 Å². The minimum atomic E-state index is -0.782. The molecule has 1 saturated carbocycles. The molecule has 1 aromatic carbocycles. The minimum Gasteiger partial charge on any atom is -0.368 e. The summed E-state index contributed by atoms with van der Waals surface area (Å²) in [5.74, 6) is 0.261. The summed E-state index contributed by atoms with van der Waals surface area (Å²) < 4.78 is 0. The van der Waals surface area contributed by atoms with Gasteiger partial charge in [0, 0.05) is 12.6 Å². The molecule has 4 heteroatoms. The van der Waals surface area contributed by atoms with Gasteiger partial charge in [0.1, 0.15) is 0 Å². The van der Waals surface area contributed by atoms with Crippen molar-refractivity contribution >= 4 is 5.91 Å². The Balaban J connectivity index is 1.63. The first-order valence-electron chi connectivity index (χ1n) is 7.46. The van der Waals surface area contributed by atoms with Crippen molar-refractivity contribution in [3.8, 4) is 0 Å². The molecule has 0 aromatic heterocycles. The van der Waals surface area contributed by atoms with E-state index in [1.165, 1.54) is 12.0 Å². The zero-order valence-electron chi connectivity index (χ0n) is 11.8. The molecule has 20 heavy (non-hydrogen) atoms. The standard InChI is InChI=1S/C16H23N3O/c17-15(20)16(18)8-6-14(10-16)19-9-7-13(11-19)12-4-2-1-3-5-12/h1-5,13-14H,6-11,18H2,(H2,17,20). The molecular formula is C16H23N3O. The van der Waals surface area contributed by atoms with E-state index in [-0.39, 0.29) is 5.91 Å². The summed E-state index contributed by atoms with van der Waals surface area (Å²) in [4.78, 5) is 13.9. The molecule has 3 unspecified atom stereocenters. The zero-order valence-corrected chi connectivity index (χ0v) is 11.8. The van der Waals surface area contributed by atoms with Crippen molar-refractivity contribution in [1.82, 2.24) is 4.90 Å². The fraction of sp³-hybridized carbons (Fsp3) is 0.562. The van der Waals surface area contributed by atoms with Crippen LogP contribution in [-0.2, 0) is 4.79 Å². The van der Waals surface area contributed by atoms with Crippen LogP contribution in [0, 0.1) is 0 Å². The summed E-state index contributed by atoms with van der Waals surface area (Å²) in [6.45, 7) is 2.17. The third kappa shape index (κ3) is 2.45. The SMILES string of the molecule is NC(=O)C1(N)CCC(N2CCC(c3ccccc3)C2)C1. The number of carbonyl (C=O) groups excluding carboxylic acids is 1. The first-order valence-corrected chi connectivity index (χ1v) is 7.46. The van der Waals surface area contributed by atoms with Crippen LogP contribution in [0.4, 0.5) is 0 Å². The van der Waals surface area contributed by atoms with Crippen molar-refractivity contribution in [3.05, 3.63) is 35.9 Å². The summed E-state index contributed by atoms with van der Waals surface area (Å²) in [5.41, 5.74) is 12.2. The number of nitrogens with two attached hydrogens (primary N) is 2. The number of likely N-dealkylation sites (tertiary alicyclic amines) is 1. The van der Waals surface area contributed by atoms with Crippen molar-refractivity contribution in [3.63, 3.8) is 0 Å². The molecule has 0 spiro atoms. The molecule has 4 nitrogen and oxygen atoms in total. The Labute approximate surface area is 120 Å². The van der Waals surface area contributed by atoms with E-state index in [0.717, 1.165) is 25.9 Å². The second-order valence-corrected chi connectivity index (χ2v) is 6.31. The fourth-order valence-electron chi connectivity index (χ4n) is 3.70. The lowest BCUT2D eigenvalue weighted by molar-refractivity contribution is -0.123. The van der Waals surface area contributed by atoms with Crippen LogP contribution in [0.25, 0.3) is 0 Å². The van der Waals surface area contributed by atoms with E-state index in [4.69, 9.17) is 11.5 Å². The van der Waals surface area contributed by atoms with Gasteiger partial charge in [0.25, 0.3) is 0 Å². The maximum Gasteiger partial charge on any atom is 0.237 e. The van der Waals surface area contributed by atoms with Crippen LogP contribution in [0.15, 0.2) is 30.3 Å². The van der Waals surface area contributed by atoms with Crippen LogP contribution < -0.4 is 11.5 Å². The van der Waals surface area contributed by atoms with E-state index < -0.39 is 5.54 Å². The van der Waals surface area contributed by atoms with E-state index in [1.54, 1.807) is 0 Å². The molecule has 1 saturated heterocycles. The topological polar surface area (TPSA) is 72.3 Å². The number of hydrogen-bond acceptors (Lipinski definition) is 3. The Kier molecular flexibility index (Phi) is 3.52. The summed E-state index contributed by atoms with van der Waals surface area (Å²) in [5, 5.41) is 0. The molecule has 1 amide bonds. The molecule has 4 N–H and O–H groups in total. The van der Waals surface area contributed by atoms with Crippen LogP contribution in [-0.4, -0.2) is 35.5 Å². The van der Waals surface area contributed by atoms with E-state index >= 15 is 0 Å². The molecule has 2 fully saturated rings. The summed E-state index contributed by atoms with van der Waals surface area (Å²) in [6.07, 6.45) is 3.61. The molecule has 3 atom stereocenters. The molecule has 1 heterocycles. The number of benzene rings is 1. The van der Waals surface area contributed by atoms with Gasteiger partial charge in [-0.1, -0.05) is 30.3 Å². The number of amides is 1. The van der Waals surface area contributed by atoms with Gasteiger partial charge in [-0.3, -0.25) is 9.69 Å². The highest BCUT2D eigenvalue weighted by Crippen LogP contribution is 2.36. The molecule has 1 aromatic rings. The number of primary amides is 1. The molecule has 0 bridgehead atoms. The number of rotatable bonds is 3. The fourth-order valence-corrected chi connectivity index (χ4v) is 3.70. The van der Waals surface area contributed by atoms with E-state index in [9.17, 15) is 4.79 Å². The van der Waals surface area contributed by atoms with Gasteiger partial charge in [-0.2, -0.15) is 0 Å². The molecule has 2 aliphatic rings. The van der Waals surface area contributed by atoms with E-state index in [1.807, 2.05) is 0 Å². The smallest absolute Gasteiger partial charge is 0.237 e. The normalized spacial score (nSPS) is 34.5. The van der Waals surface area contributed by atoms with Crippen molar-refractivity contribution in [2.45, 2.75) is 43.2 Å². The van der Waals surface area contributed by atoms with Gasteiger partial charge in [0.2, 0.25) is 5.91 Å². The first kappa shape index (κ1) is 13.6. The van der Waals surface area contributed by atoms with E-state index in [2.05, 4.69) is 35.2 Å². The number of carbonyl (C=O) groups is 1. The van der Waals surface area contributed by atoms with Crippen LogP contribution in [0.3, 0.4) is 0 Å². The lowest BCUT2D eigenvalue weighted by atomic mass is 9.98. The Morgan fingerprint density at radius 2 is 2.00 bits per heavy atom. The second-order valence-electron chi connectivity index (χ2n) is 6.31. The predicted octanol–water partition coefficient (Wildman–Crippen LogP) is 1.21. The van der Waals surface area contributed by atoms with Gasteiger partial charge in [-0.15, -0.1) is 0 Å². The summed E-state index contributed by atoms with van der Waals surface area (Å²) in [6, 6.07) is 11.1. The van der Waals surface area contributed by atoms with Gasteiger partial charge >= 0.3 is 0 Å². The van der Waals surface area contributed by atoms with Crippen molar-refractivity contribution in [2.75, 3.05) is 13.1 Å². The maximum atomic E-state index is 11.4. The maximum absolute atomic E-state index is 11.4. The first-order chi connectivity index (χ1) is 9.58. The molecule has 0 radical (unpaired) electrons. The second kappa shape index (κ2) is 5.19. The Bertz CT molecular complexity index is 490. The van der Waals surface area contributed by atoms with Gasteiger partial charge in [-0.25, -0.2) is 0 Å². The van der Waals surface area contributed by atoms with Gasteiger partial charge < -0.3 is 11.5 Å². The van der Waals surface area contributed by atoms with Crippen LogP contribution in [0.1, 0.15) is 37.2 Å². The Hall–Kier alpha value is -1.39. The number of nitrogens with zero attached hydrogens (tertiary/aromatic N) is 1. The quantitative estimate of drug-likeness (QED) is 0.869. The van der Waals surface area contributed by atoms with Crippen LogP contribution in [0.2, 0.25) is 0 Å². The Morgan fingerprint density at radius 1 is 1.25 bits per heavy atom. The average molecular weight is 273 g/mol. The molecule has 108 valence electrons. The third-order valence-electron chi connectivity index (χ3n) is 5.02.